The van der Waals surface area contributed by atoms with Crippen LogP contribution in [0.4, 0.5) is 0 Å². The molecule has 2 aromatic heterocycles. The van der Waals surface area contributed by atoms with Crippen LogP contribution in [-0.4, -0.2) is 67.7 Å². The predicted octanol–water partition coefficient (Wildman–Crippen LogP) is 2.22. The second-order valence-corrected chi connectivity index (χ2v) is 6.74. The number of H-pyrrole nitrogens is 1. The van der Waals surface area contributed by atoms with Gasteiger partial charge in [0.25, 0.3) is 0 Å². The van der Waals surface area contributed by atoms with E-state index < -0.39 is 0 Å². The maximum Gasteiger partial charge on any atom is 0.216 e. The van der Waals surface area contributed by atoms with Gasteiger partial charge in [-0.25, -0.2) is 4.98 Å². The lowest BCUT2D eigenvalue weighted by molar-refractivity contribution is 0.0203. The second kappa shape index (κ2) is 13.5. The van der Waals surface area contributed by atoms with Crippen molar-refractivity contribution in [2.45, 2.75) is 25.7 Å². The molecule has 1 aliphatic rings. The molecule has 0 spiro atoms. The van der Waals surface area contributed by atoms with E-state index in [0.717, 1.165) is 64.0 Å². The number of aromatic amines is 1. The van der Waals surface area contributed by atoms with E-state index in [1.54, 1.807) is 13.3 Å². The molecular formula is C19H31IN6O3. The third-order valence-corrected chi connectivity index (χ3v) is 4.60. The van der Waals surface area contributed by atoms with Crippen LogP contribution < -0.4 is 10.6 Å². The zero-order valence-electron chi connectivity index (χ0n) is 16.9. The molecule has 0 aliphatic carbocycles. The molecule has 2 aromatic rings. The van der Waals surface area contributed by atoms with Gasteiger partial charge in [0.15, 0.2) is 11.7 Å². The van der Waals surface area contributed by atoms with E-state index in [0.29, 0.717) is 30.5 Å². The van der Waals surface area contributed by atoms with Gasteiger partial charge in [-0.2, -0.15) is 5.10 Å². The van der Waals surface area contributed by atoms with Crippen LogP contribution in [0.15, 0.2) is 27.8 Å². The molecule has 9 nitrogen and oxygen atoms in total. The highest BCUT2D eigenvalue weighted by Gasteiger charge is 2.13. The van der Waals surface area contributed by atoms with Crippen molar-refractivity contribution in [2.24, 2.45) is 10.9 Å². The van der Waals surface area contributed by atoms with Gasteiger partial charge in [0.05, 0.1) is 6.26 Å². The minimum Gasteiger partial charge on any atom is -0.461 e. The third kappa shape index (κ3) is 8.31. The van der Waals surface area contributed by atoms with Crippen molar-refractivity contribution in [3.8, 4) is 11.6 Å². The van der Waals surface area contributed by atoms with E-state index in [1.165, 1.54) is 0 Å². The quantitative estimate of drug-likeness (QED) is 0.192. The number of halogens is 1. The smallest absolute Gasteiger partial charge is 0.216 e. The van der Waals surface area contributed by atoms with Crippen molar-refractivity contribution < 1.29 is 13.9 Å². The van der Waals surface area contributed by atoms with Crippen molar-refractivity contribution in [3.63, 3.8) is 0 Å². The standard InChI is InChI=1S/C19H30N6O3.HI/c1-20-19(21-8-3-10-27-14-15-6-12-26-13-7-15)22-9-5-17-23-18(25-24-17)16-4-2-11-28-16;/h2,4,11,15H,3,5-10,12-14H2,1H3,(H2,20,21,22)(H,23,24,25);1H. The average Bonchev–Trinajstić information content (AvgIpc) is 3.41. The SMILES string of the molecule is CN=C(NCCCOCC1CCOCC1)NCCc1nc(-c2ccco2)n[nH]1.I. The molecule has 1 fully saturated rings. The number of hydrogen-bond donors (Lipinski definition) is 3. The highest BCUT2D eigenvalue weighted by molar-refractivity contribution is 14.0. The first-order chi connectivity index (χ1) is 13.8. The maximum absolute atomic E-state index is 5.78. The lowest BCUT2D eigenvalue weighted by Crippen LogP contribution is -2.39. The van der Waals surface area contributed by atoms with Gasteiger partial charge in [-0.15, -0.1) is 24.0 Å². The summed E-state index contributed by atoms with van der Waals surface area (Å²) in [4.78, 5) is 8.66. The van der Waals surface area contributed by atoms with Crippen molar-refractivity contribution in [3.05, 3.63) is 24.2 Å². The molecule has 0 radical (unpaired) electrons. The molecule has 162 valence electrons. The van der Waals surface area contributed by atoms with Gasteiger partial charge >= 0.3 is 0 Å². The zero-order valence-corrected chi connectivity index (χ0v) is 19.2. The summed E-state index contributed by atoms with van der Waals surface area (Å²) >= 11 is 0. The van der Waals surface area contributed by atoms with Crippen LogP contribution in [0.3, 0.4) is 0 Å². The van der Waals surface area contributed by atoms with Crippen molar-refractivity contribution in [1.82, 2.24) is 25.8 Å². The molecule has 3 N–H and O–H groups in total. The van der Waals surface area contributed by atoms with Crippen LogP contribution in [-0.2, 0) is 15.9 Å². The lowest BCUT2D eigenvalue weighted by atomic mass is 10.0. The van der Waals surface area contributed by atoms with E-state index in [9.17, 15) is 0 Å². The molecule has 0 amide bonds. The van der Waals surface area contributed by atoms with Crippen LogP contribution in [0.25, 0.3) is 11.6 Å². The summed E-state index contributed by atoms with van der Waals surface area (Å²) in [6.45, 7) is 4.86. The molecule has 29 heavy (non-hydrogen) atoms. The topological polar surface area (TPSA) is 110 Å². The number of aromatic nitrogens is 3. The average molecular weight is 518 g/mol. The minimum absolute atomic E-state index is 0. The number of guanidine groups is 1. The number of rotatable bonds is 10. The summed E-state index contributed by atoms with van der Waals surface area (Å²) in [5, 5.41) is 13.7. The number of nitrogens with zero attached hydrogens (tertiary/aromatic N) is 3. The molecule has 3 rings (SSSR count). The fourth-order valence-corrected chi connectivity index (χ4v) is 2.99. The Balaban J connectivity index is 0.00000300. The van der Waals surface area contributed by atoms with Crippen molar-refractivity contribution in [2.75, 3.05) is 46.6 Å². The summed E-state index contributed by atoms with van der Waals surface area (Å²) in [7, 11) is 1.76. The number of nitrogens with one attached hydrogen (secondary N) is 3. The van der Waals surface area contributed by atoms with Crippen LogP contribution in [0.2, 0.25) is 0 Å². The Labute approximate surface area is 188 Å². The number of aliphatic imine (C=N–C) groups is 1. The molecular weight excluding hydrogens is 487 g/mol. The van der Waals surface area contributed by atoms with Gasteiger partial charge < -0.3 is 24.5 Å². The Kier molecular flexibility index (Phi) is 11.0. The molecule has 3 heterocycles. The monoisotopic (exact) mass is 518 g/mol. The first kappa shape index (κ1) is 23.6. The van der Waals surface area contributed by atoms with Crippen molar-refractivity contribution >= 4 is 29.9 Å². The fourth-order valence-electron chi connectivity index (χ4n) is 2.99. The van der Waals surface area contributed by atoms with Crippen molar-refractivity contribution in [1.29, 1.82) is 0 Å². The predicted molar refractivity (Wildman–Crippen MR) is 122 cm³/mol. The Morgan fingerprint density at radius 3 is 2.90 bits per heavy atom. The molecule has 1 aliphatic heterocycles. The Morgan fingerprint density at radius 1 is 1.31 bits per heavy atom. The van der Waals surface area contributed by atoms with Crippen LogP contribution in [0.1, 0.15) is 25.1 Å². The van der Waals surface area contributed by atoms with E-state index in [2.05, 4.69) is 30.8 Å². The molecule has 1 saturated heterocycles. The van der Waals surface area contributed by atoms with E-state index in [-0.39, 0.29) is 24.0 Å². The molecule has 0 aromatic carbocycles. The molecule has 10 heteroatoms. The summed E-state index contributed by atoms with van der Waals surface area (Å²) in [6.07, 6.45) is 5.49. The third-order valence-electron chi connectivity index (χ3n) is 4.60. The summed E-state index contributed by atoms with van der Waals surface area (Å²) < 4.78 is 16.4. The first-order valence-electron chi connectivity index (χ1n) is 9.90. The van der Waals surface area contributed by atoms with E-state index in [1.807, 2.05) is 12.1 Å². The second-order valence-electron chi connectivity index (χ2n) is 6.74. The van der Waals surface area contributed by atoms with Crippen LogP contribution in [0.5, 0.6) is 0 Å². The normalized spacial score (nSPS) is 15.1. The number of hydrogen-bond acceptors (Lipinski definition) is 6. The number of ether oxygens (including phenoxy) is 2. The van der Waals surface area contributed by atoms with Gasteiger partial charge in [0, 0.05) is 53.0 Å². The van der Waals surface area contributed by atoms with Crippen LogP contribution >= 0.6 is 24.0 Å². The largest absolute Gasteiger partial charge is 0.461 e. The highest BCUT2D eigenvalue weighted by atomic mass is 127. The highest BCUT2D eigenvalue weighted by Crippen LogP contribution is 2.15. The summed E-state index contributed by atoms with van der Waals surface area (Å²) in [5.41, 5.74) is 0. The Bertz CT molecular complexity index is 701. The van der Waals surface area contributed by atoms with Gasteiger partial charge in [-0.1, -0.05) is 0 Å². The lowest BCUT2D eigenvalue weighted by Gasteiger charge is -2.21. The van der Waals surface area contributed by atoms with Gasteiger partial charge in [0.2, 0.25) is 5.82 Å². The first-order valence-corrected chi connectivity index (χ1v) is 9.90. The summed E-state index contributed by atoms with van der Waals surface area (Å²) in [6, 6.07) is 3.66. The van der Waals surface area contributed by atoms with Crippen LogP contribution in [0, 0.1) is 5.92 Å². The molecule has 0 atom stereocenters. The molecule has 0 saturated carbocycles. The number of furan rings is 1. The Morgan fingerprint density at radius 2 is 2.14 bits per heavy atom. The molecule has 0 bridgehead atoms. The van der Waals surface area contributed by atoms with Gasteiger partial charge in [-0.3, -0.25) is 10.1 Å². The van der Waals surface area contributed by atoms with E-state index in [4.69, 9.17) is 13.9 Å². The summed E-state index contributed by atoms with van der Waals surface area (Å²) in [5.74, 6) is 3.46. The maximum atomic E-state index is 5.78. The minimum atomic E-state index is 0. The Hall–Kier alpha value is -1.66. The molecule has 0 unspecified atom stereocenters. The van der Waals surface area contributed by atoms with Gasteiger partial charge in [0.1, 0.15) is 5.82 Å². The fraction of sp³-hybridized carbons (Fsp3) is 0.632. The van der Waals surface area contributed by atoms with Gasteiger partial charge in [-0.05, 0) is 37.3 Å². The zero-order chi connectivity index (χ0) is 19.4. The van der Waals surface area contributed by atoms with E-state index >= 15 is 0 Å².